The molecule has 0 radical (unpaired) electrons. The molecule has 0 aliphatic carbocycles. The van der Waals surface area contributed by atoms with Crippen LogP contribution in [0.4, 0.5) is 0 Å². The van der Waals surface area contributed by atoms with E-state index in [-0.39, 0.29) is 11.9 Å². The lowest BCUT2D eigenvalue weighted by Crippen LogP contribution is -2.51. The van der Waals surface area contributed by atoms with E-state index in [0.29, 0.717) is 36.8 Å². The molecule has 1 fully saturated rings. The summed E-state index contributed by atoms with van der Waals surface area (Å²) in [5, 5.41) is 0.535. The minimum Gasteiger partial charge on any atom is -0.468 e. The normalized spacial score (nSPS) is 15.9. The van der Waals surface area contributed by atoms with Crippen molar-refractivity contribution in [1.29, 1.82) is 0 Å². The molecule has 6 heteroatoms. The van der Waals surface area contributed by atoms with Gasteiger partial charge in [0, 0.05) is 36.8 Å². The first-order chi connectivity index (χ1) is 13.5. The molecule has 0 bridgehead atoms. The number of piperazine rings is 1. The predicted molar refractivity (Wildman–Crippen MR) is 110 cm³/mol. The third-order valence-electron chi connectivity index (χ3n) is 5.20. The Labute approximate surface area is 170 Å². The van der Waals surface area contributed by atoms with Crippen molar-refractivity contribution in [3.63, 3.8) is 0 Å². The molecular formula is C22H25ClN2O3. The van der Waals surface area contributed by atoms with Gasteiger partial charge in [-0.3, -0.25) is 9.69 Å². The van der Waals surface area contributed by atoms with Gasteiger partial charge in [-0.05, 0) is 35.7 Å². The number of carbonyl (C=O) groups excluding carboxylic acids is 2. The number of nitrogens with zero attached hydrogens (tertiary/aromatic N) is 2. The van der Waals surface area contributed by atoms with Crippen LogP contribution in [0.5, 0.6) is 0 Å². The SMILES string of the molecule is CCc1ccc(C(=O)N2CCN(C(C(=O)OC)c3ccccc3Cl)CC2)cc1. The number of amides is 1. The smallest absolute Gasteiger partial charge is 0.327 e. The van der Waals surface area contributed by atoms with E-state index in [0.717, 1.165) is 12.0 Å². The molecule has 1 aliphatic rings. The molecular weight excluding hydrogens is 376 g/mol. The Balaban J connectivity index is 1.71. The van der Waals surface area contributed by atoms with Crippen molar-refractivity contribution in [2.45, 2.75) is 19.4 Å². The summed E-state index contributed by atoms with van der Waals surface area (Å²) < 4.78 is 5.02. The fourth-order valence-electron chi connectivity index (χ4n) is 3.53. The molecule has 0 saturated carbocycles. The van der Waals surface area contributed by atoms with Gasteiger partial charge < -0.3 is 9.64 Å². The largest absolute Gasteiger partial charge is 0.468 e. The molecule has 1 amide bonds. The summed E-state index contributed by atoms with van der Waals surface area (Å²) in [5.41, 5.74) is 2.63. The molecule has 1 heterocycles. The molecule has 148 valence electrons. The summed E-state index contributed by atoms with van der Waals surface area (Å²) in [5.74, 6) is -0.322. The number of aryl methyl sites for hydroxylation is 1. The van der Waals surface area contributed by atoms with Crippen LogP contribution in [0.25, 0.3) is 0 Å². The Morgan fingerprint density at radius 1 is 1.04 bits per heavy atom. The maximum atomic E-state index is 12.8. The zero-order chi connectivity index (χ0) is 20.1. The lowest BCUT2D eigenvalue weighted by Gasteiger charge is -2.38. The third kappa shape index (κ3) is 4.37. The van der Waals surface area contributed by atoms with Gasteiger partial charge in [-0.15, -0.1) is 0 Å². The van der Waals surface area contributed by atoms with Gasteiger partial charge in [0.25, 0.3) is 5.91 Å². The van der Waals surface area contributed by atoms with Crippen LogP contribution in [-0.4, -0.2) is 55.0 Å². The predicted octanol–water partition coefficient (Wildman–Crippen LogP) is 3.57. The minimum atomic E-state index is -0.570. The lowest BCUT2D eigenvalue weighted by molar-refractivity contribution is -0.148. The van der Waals surface area contributed by atoms with Gasteiger partial charge in [0.2, 0.25) is 0 Å². The summed E-state index contributed by atoms with van der Waals surface area (Å²) in [6.45, 7) is 4.33. The van der Waals surface area contributed by atoms with Crippen LogP contribution in [-0.2, 0) is 16.0 Å². The molecule has 1 atom stereocenters. The average Bonchev–Trinajstić information content (AvgIpc) is 2.75. The second kappa shape index (κ2) is 9.22. The lowest BCUT2D eigenvalue weighted by atomic mass is 10.0. The Morgan fingerprint density at radius 3 is 2.25 bits per heavy atom. The van der Waals surface area contributed by atoms with E-state index in [1.165, 1.54) is 12.7 Å². The number of hydrogen-bond donors (Lipinski definition) is 0. The van der Waals surface area contributed by atoms with Gasteiger partial charge in [0.15, 0.2) is 0 Å². The van der Waals surface area contributed by atoms with Crippen LogP contribution >= 0.6 is 11.6 Å². The van der Waals surface area contributed by atoms with Gasteiger partial charge in [0.05, 0.1) is 7.11 Å². The van der Waals surface area contributed by atoms with Gasteiger partial charge in [-0.25, -0.2) is 4.79 Å². The molecule has 1 aliphatic heterocycles. The fourth-order valence-corrected chi connectivity index (χ4v) is 3.77. The average molecular weight is 401 g/mol. The van der Waals surface area contributed by atoms with Gasteiger partial charge in [-0.2, -0.15) is 0 Å². The highest BCUT2D eigenvalue weighted by molar-refractivity contribution is 6.31. The second-order valence-corrected chi connectivity index (χ2v) is 7.23. The molecule has 0 aromatic heterocycles. The first-order valence-corrected chi connectivity index (χ1v) is 9.87. The number of ether oxygens (including phenoxy) is 1. The highest BCUT2D eigenvalue weighted by Gasteiger charge is 2.33. The highest BCUT2D eigenvalue weighted by atomic mass is 35.5. The molecule has 2 aromatic carbocycles. The number of methoxy groups -OCH3 is 1. The van der Waals surface area contributed by atoms with Gasteiger partial charge >= 0.3 is 5.97 Å². The van der Waals surface area contributed by atoms with E-state index in [4.69, 9.17) is 16.3 Å². The summed E-state index contributed by atoms with van der Waals surface area (Å²) >= 11 is 6.32. The zero-order valence-electron chi connectivity index (χ0n) is 16.2. The first-order valence-electron chi connectivity index (χ1n) is 9.49. The number of hydrogen-bond acceptors (Lipinski definition) is 4. The molecule has 1 unspecified atom stereocenters. The van der Waals surface area contributed by atoms with Gasteiger partial charge in [-0.1, -0.05) is 48.9 Å². The zero-order valence-corrected chi connectivity index (χ0v) is 17.0. The van der Waals surface area contributed by atoms with Crippen LogP contribution in [0.1, 0.15) is 34.5 Å². The van der Waals surface area contributed by atoms with Crippen molar-refractivity contribution in [3.8, 4) is 0 Å². The van der Waals surface area contributed by atoms with Crippen LogP contribution in [0, 0.1) is 0 Å². The number of rotatable bonds is 5. The fraction of sp³-hybridized carbons (Fsp3) is 0.364. The monoisotopic (exact) mass is 400 g/mol. The number of carbonyl (C=O) groups is 2. The Hall–Kier alpha value is -2.37. The van der Waals surface area contributed by atoms with E-state index in [1.54, 1.807) is 6.07 Å². The molecule has 2 aromatic rings. The van der Waals surface area contributed by atoms with Crippen LogP contribution < -0.4 is 0 Å². The Bertz CT molecular complexity index is 830. The first kappa shape index (κ1) is 20.4. The van der Waals surface area contributed by atoms with E-state index in [1.807, 2.05) is 52.3 Å². The summed E-state index contributed by atoms with van der Waals surface area (Å²) in [6.07, 6.45) is 0.949. The van der Waals surface area contributed by atoms with E-state index in [2.05, 4.69) is 6.92 Å². The Morgan fingerprint density at radius 2 is 1.68 bits per heavy atom. The summed E-state index contributed by atoms with van der Waals surface area (Å²) in [7, 11) is 1.38. The summed E-state index contributed by atoms with van der Waals surface area (Å²) in [4.78, 5) is 29.1. The maximum Gasteiger partial charge on any atom is 0.327 e. The van der Waals surface area contributed by atoms with Crippen LogP contribution in [0.15, 0.2) is 48.5 Å². The van der Waals surface area contributed by atoms with Crippen molar-refractivity contribution in [3.05, 3.63) is 70.2 Å². The number of esters is 1. The van der Waals surface area contributed by atoms with E-state index in [9.17, 15) is 9.59 Å². The van der Waals surface area contributed by atoms with Crippen molar-refractivity contribution in [2.24, 2.45) is 0 Å². The standard InChI is InChI=1S/C22H25ClN2O3/c1-3-16-8-10-17(11-9-16)21(26)25-14-12-24(13-15-25)20(22(27)28-2)18-6-4-5-7-19(18)23/h4-11,20H,3,12-15H2,1-2H3. The molecule has 28 heavy (non-hydrogen) atoms. The minimum absolute atomic E-state index is 0.0228. The second-order valence-electron chi connectivity index (χ2n) is 6.83. The molecule has 3 rings (SSSR count). The summed E-state index contributed by atoms with van der Waals surface area (Å²) in [6, 6.07) is 14.5. The van der Waals surface area contributed by atoms with Crippen molar-refractivity contribution >= 4 is 23.5 Å². The van der Waals surface area contributed by atoms with Crippen molar-refractivity contribution < 1.29 is 14.3 Å². The van der Waals surface area contributed by atoms with Gasteiger partial charge in [0.1, 0.15) is 6.04 Å². The topological polar surface area (TPSA) is 49.9 Å². The van der Waals surface area contributed by atoms with E-state index < -0.39 is 6.04 Å². The van der Waals surface area contributed by atoms with Crippen molar-refractivity contribution in [1.82, 2.24) is 9.80 Å². The van der Waals surface area contributed by atoms with Crippen LogP contribution in [0.3, 0.4) is 0 Å². The molecule has 0 N–H and O–H groups in total. The Kier molecular flexibility index (Phi) is 6.70. The number of halogens is 1. The number of benzene rings is 2. The van der Waals surface area contributed by atoms with E-state index >= 15 is 0 Å². The quantitative estimate of drug-likeness (QED) is 0.720. The molecule has 0 spiro atoms. The van der Waals surface area contributed by atoms with Crippen molar-refractivity contribution in [2.75, 3.05) is 33.3 Å². The third-order valence-corrected chi connectivity index (χ3v) is 5.54. The molecule has 5 nitrogen and oxygen atoms in total. The van der Waals surface area contributed by atoms with Crippen LogP contribution in [0.2, 0.25) is 5.02 Å². The maximum absolute atomic E-state index is 12.8. The molecule has 1 saturated heterocycles. The highest BCUT2D eigenvalue weighted by Crippen LogP contribution is 2.29.